The molecule has 22 heavy (non-hydrogen) atoms. The Hall–Kier alpha value is -2.89. The lowest BCUT2D eigenvalue weighted by molar-refractivity contribution is 0.0435. The fraction of sp³-hybridized carbons (Fsp3) is 0.188. The quantitative estimate of drug-likeness (QED) is 0.668. The fourth-order valence-corrected chi connectivity index (χ4v) is 2.42. The van der Waals surface area contributed by atoms with Crippen LogP contribution in [0.1, 0.15) is 22.1 Å². The zero-order valence-corrected chi connectivity index (χ0v) is 12.1. The van der Waals surface area contributed by atoms with Gasteiger partial charge in [-0.15, -0.1) is 0 Å². The third-order valence-electron chi connectivity index (χ3n) is 3.45. The van der Waals surface area contributed by atoms with E-state index in [0.717, 1.165) is 5.69 Å². The van der Waals surface area contributed by atoms with Gasteiger partial charge in [-0.2, -0.15) is 0 Å². The van der Waals surface area contributed by atoms with E-state index < -0.39 is 12.2 Å². The number of carbonyl (C=O) groups is 1. The molecule has 1 aliphatic rings. The number of aromatic hydroxyl groups is 1. The monoisotopic (exact) mass is 301 g/mol. The third kappa shape index (κ3) is 2.28. The van der Waals surface area contributed by atoms with Crippen LogP contribution in [0.3, 0.4) is 0 Å². The lowest BCUT2D eigenvalue weighted by Gasteiger charge is -2.15. The average Bonchev–Trinajstić information content (AvgIpc) is 2.85. The molecule has 0 aliphatic carbocycles. The molecule has 0 saturated heterocycles. The highest BCUT2D eigenvalue weighted by Crippen LogP contribution is 2.42. The molecular formula is C16H15NO5. The van der Waals surface area contributed by atoms with Gasteiger partial charge in [0.2, 0.25) is 6.23 Å². The molecule has 3 rings (SSSR count). The van der Waals surface area contributed by atoms with E-state index >= 15 is 0 Å². The molecular weight excluding hydrogens is 286 g/mol. The summed E-state index contributed by atoms with van der Waals surface area (Å²) in [6.45, 7) is 0. The van der Waals surface area contributed by atoms with Crippen molar-refractivity contribution in [3.05, 3.63) is 47.5 Å². The number of methoxy groups -OCH3 is 2. The Bertz CT molecular complexity index is 711. The van der Waals surface area contributed by atoms with Crippen molar-refractivity contribution in [2.75, 3.05) is 19.5 Å². The van der Waals surface area contributed by atoms with E-state index in [-0.39, 0.29) is 5.75 Å². The Labute approximate surface area is 127 Å². The second-order valence-corrected chi connectivity index (χ2v) is 4.74. The van der Waals surface area contributed by atoms with E-state index in [9.17, 15) is 9.90 Å². The summed E-state index contributed by atoms with van der Waals surface area (Å²) in [4.78, 5) is 12.1. The first kappa shape index (κ1) is 14.1. The van der Waals surface area contributed by atoms with Gasteiger partial charge >= 0.3 is 5.97 Å². The van der Waals surface area contributed by atoms with E-state index in [1.165, 1.54) is 14.2 Å². The maximum atomic E-state index is 12.1. The Morgan fingerprint density at radius 1 is 1.09 bits per heavy atom. The summed E-state index contributed by atoms with van der Waals surface area (Å²) >= 11 is 0. The van der Waals surface area contributed by atoms with Crippen LogP contribution in [0.2, 0.25) is 0 Å². The van der Waals surface area contributed by atoms with Gasteiger partial charge in [0, 0.05) is 11.3 Å². The van der Waals surface area contributed by atoms with Gasteiger partial charge in [0.1, 0.15) is 11.3 Å². The highest BCUT2D eigenvalue weighted by molar-refractivity contribution is 5.98. The first-order chi connectivity index (χ1) is 10.6. The summed E-state index contributed by atoms with van der Waals surface area (Å²) < 4.78 is 15.8. The van der Waals surface area contributed by atoms with Crippen molar-refractivity contribution in [1.82, 2.24) is 0 Å². The predicted octanol–water partition coefficient (Wildman–Crippen LogP) is 2.69. The van der Waals surface area contributed by atoms with E-state index in [2.05, 4.69) is 5.32 Å². The normalized spacial score (nSPS) is 15.9. The fourth-order valence-electron chi connectivity index (χ4n) is 2.42. The molecule has 114 valence electrons. The first-order valence-corrected chi connectivity index (χ1v) is 6.65. The highest BCUT2D eigenvalue weighted by atomic mass is 16.6. The van der Waals surface area contributed by atoms with Gasteiger partial charge in [-0.05, 0) is 36.4 Å². The van der Waals surface area contributed by atoms with E-state index in [0.29, 0.717) is 22.6 Å². The Morgan fingerprint density at radius 2 is 1.82 bits per heavy atom. The van der Waals surface area contributed by atoms with Crippen LogP contribution in [0, 0.1) is 0 Å². The molecule has 0 amide bonds. The number of esters is 1. The Morgan fingerprint density at radius 3 is 2.45 bits per heavy atom. The molecule has 0 radical (unpaired) electrons. The second-order valence-electron chi connectivity index (χ2n) is 4.74. The predicted molar refractivity (Wildman–Crippen MR) is 79.4 cm³/mol. The minimum absolute atomic E-state index is 0.167. The minimum atomic E-state index is -0.619. The zero-order valence-electron chi connectivity index (χ0n) is 12.1. The van der Waals surface area contributed by atoms with Crippen LogP contribution in [-0.4, -0.2) is 25.3 Å². The van der Waals surface area contributed by atoms with Gasteiger partial charge in [0.25, 0.3) is 0 Å². The van der Waals surface area contributed by atoms with Crippen molar-refractivity contribution in [3.8, 4) is 17.2 Å². The molecule has 0 saturated carbocycles. The molecule has 6 heteroatoms. The molecule has 0 aromatic heterocycles. The van der Waals surface area contributed by atoms with Crippen LogP contribution < -0.4 is 14.8 Å². The summed E-state index contributed by atoms with van der Waals surface area (Å²) in [5, 5.41) is 12.4. The van der Waals surface area contributed by atoms with Crippen molar-refractivity contribution in [2.45, 2.75) is 6.23 Å². The number of ether oxygens (including phenoxy) is 3. The number of phenolic OH excluding ortho intramolecular Hbond substituents is 1. The number of rotatable bonds is 4. The maximum Gasteiger partial charge on any atom is 0.344 e. The molecule has 2 aromatic rings. The molecule has 1 aliphatic heterocycles. The zero-order chi connectivity index (χ0) is 15.7. The molecule has 0 fully saturated rings. The van der Waals surface area contributed by atoms with Crippen LogP contribution in [0.15, 0.2) is 36.4 Å². The van der Waals surface area contributed by atoms with E-state index in [1.807, 2.05) is 0 Å². The van der Waals surface area contributed by atoms with E-state index in [4.69, 9.17) is 14.2 Å². The summed E-state index contributed by atoms with van der Waals surface area (Å²) in [5.74, 6) is 0.534. The number of benzene rings is 2. The van der Waals surface area contributed by atoms with Crippen molar-refractivity contribution in [2.24, 2.45) is 0 Å². The SMILES string of the molecule is COc1ccc2c(c1OC)C(=O)O[C@H]2Nc1ccc(O)cc1. The summed E-state index contributed by atoms with van der Waals surface area (Å²) in [6.07, 6.45) is -0.619. The van der Waals surface area contributed by atoms with Crippen LogP contribution in [0.25, 0.3) is 0 Å². The van der Waals surface area contributed by atoms with Gasteiger partial charge in [-0.3, -0.25) is 0 Å². The number of hydrogen-bond donors (Lipinski definition) is 2. The first-order valence-electron chi connectivity index (χ1n) is 6.65. The van der Waals surface area contributed by atoms with Crippen molar-refractivity contribution < 1.29 is 24.1 Å². The smallest absolute Gasteiger partial charge is 0.344 e. The number of fused-ring (bicyclic) bond motifs is 1. The van der Waals surface area contributed by atoms with Crippen molar-refractivity contribution >= 4 is 11.7 Å². The number of cyclic esters (lactones) is 1. The van der Waals surface area contributed by atoms with Gasteiger partial charge in [-0.1, -0.05) is 0 Å². The number of phenols is 1. The number of carbonyl (C=O) groups excluding carboxylic acids is 1. The Balaban J connectivity index is 1.96. The van der Waals surface area contributed by atoms with Gasteiger partial charge in [0.05, 0.1) is 14.2 Å². The van der Waals surface area contributed by atoms with Gasteiger partial charge < -0.3 is 24.6 Å². The molecule has 0 spiro atoms. The van der Waals surface area contributed by atoms with Gasteiger partial charge in [-0.25, -0.2) is 4.79 Å². The van der Waals surface area contributed by atoms with Crippen LogP contribution in [0.4, 0.5) is 5.69 Å². The molecule has 2 N–H and O–H groups in total. The number of nitrogens with one attached hydrogen (secondary N) is 1. The van der Waals surface area contributed by atoms with Crippen molar-refractivity contribution in [1.29, 1.82) is 0 Å². The molecule has 1 atom stereocenters. The molecule has 6 nitrogen and oxygen atoms in total. The molecule has 0 bridgehead atoms. The molecule has 2 aromatic carbocycles. The number of hydrogen-bond acceptors (Lipinski definition) is 6. The highest BCUT2D eigenvalue weighted by Gasteiger charge is 2.35. The topological polar surface area (TPSA) is 77.0 Å². The van der Waals surface area contributed by atoms with Crippen LogP contribution in [0.5, 0.6) is 17.2 Å². The van der Waals surface area contributed by atoms with E-state index in [1.54, 1.807) is 36.4 Å². The summed E-state index contributed by atoms with van der Waals surface area (Å²) in [7, 11) is 2.99. The lowest BCUT2D eigenvalue weighted by atomic mass is 10.1. The Kier molecular flexibility index (Phi) is 3.50. The minimum Gasteiger partial charge on any atom is -0.508 e. The van der Waals surface area contributed by atoms with Crippen molar-refractivity contribution in [3.63, 3.8) is 0 Å². The van der Waals surface area contributed by atoms with Crippen LogP contribution in [-0.2, 0) is 4.74 Å². The summed E-state index contributed by atoms with van der Waals surface area (Å²) in [6, 6.07) is 9.98. The standard InChI is InChI=1S/C16H15NO5/c1-20-12-8-7-11-13(14(12)21-2)16(19)22-15(11)17-9-3-5-10(18)6-4-9/h3-8,15,17-18H,1-2H3/t15-/m1/s1. The number of anilines is 1. The van der Waals surface area contributed by atoms with Gasteiger partial charge in [0.15, 0.2) is 11.5 Å². The van der Waals surface area contributed by atoms with Crippen LogP contribution >= 0.6 is 0 Å². The average molecular weight is 301 g/mol. The second kappa shape index (κ2) is 5.48. The molecule has 1 heterocycles. The molecule has 0 unspecified atom stereocenters. The maximum absolute atomic E-state index is 12.1. The lowest BCUT2D eigenvalue weighted by Crippen LogP contribution is -2.10. The third-order valence-corrected chi connectivity index (χ3v) is 3.45. The summed E-state index contributed by atoms with van der Waals surface area (Å²) in [5.41, 5.74) is 1.76. The largest absolute Gasteiger partial charge is 0.508 e.